The van der Waals surface area contributed by atoms with Crippen LogP contribution in [0.2, 0.25) is 0 Å². The lowest BCUT2D eigenvalue weighted by Crippen LogP contribution is -2.26. The quantitative estimate of drug-likeness (QED) is 0.856. The smallest absolute Gasteiger partial charge is 0.406 e. The SMILES string of the molecule is CNC(=O)OCC1OCCc2cccc(F)c21. The van der Waals surface area contributed by atoms with E-state index in [1.165, 1.54) is 13.1 Å². The van der Waals surface area contributed by atoms with Gasteiger partial charge in [-0.2, -0.15) is 0 Å². The van der Waals surface area contributed by atoms with Crippen molar-refractivity contribution in [2.24, 2.45) is 0 Å². The molecule has 0 bridgehead atoms. The van der Waals surface area contributed by atoms with Gasteiger partial charge in [-0.1, -0.05) is 12.1 Å². The van der Waals surface area contributed by atoms with Gasteiger partial charge < -0.3 is 14.8 Å². The number of ether oxygens (including phenoxy) is 2. The van der Waals surface area contributed by atoms with Crippen LogP contribution < -0.4 is 5.32 Å². The van der Waals surface area contributed by atoms with Crippen LogP contribution in [-0.4, -0.2) is 26.4 Å². The zero-order valence-corrected chi connectivity index (χ0v) is 9.53. The fourth-order valence-corrected chi connectivity index (χ4v) is 1.91. The molecule has 0 fully saturated rings. The standard InChI is InChI=1S/C12H14FNO3/c1-14-12(15)17-7-10-11-8(5-6-16-10)3-2-4-9(11)13/h2-4,10H,5-7H2,1H3,(H,14,15). The fourth-order valence-electron chi connectivity index (χ4n) is 1.91. The second kappa shape index (κ2) is 5.14. The number of carbonyl (C=O) groups excluding carboxylic acids is 1. The fraction of sp³-hybridized carbons (Fsp3) is 0.417. The summed E-state index contributed by atoms with van der Waals surface area (Å²) in [6, 6.07) is 4.93. The molecule has 1 atom stereocenters. The van der Waals surface area contributed by atoms with E-state index in [0.717, 1.165) is 5.56 Å². The maximum Gasteiger partial charge on any atom is 0.406 e. The number of fused-ring (bicyclic) bond motifs is 1. The Balaban J connectivity index is 2.14. The number of halogens is 1. The predicted molar refractivity (Wildman–Crippen MR) is 59.2 cm³/mol. The van der Waals surface area contributed by atoms with E-state index in [9.17, 15) is 9.18 Å². The molecule has 2 rings (SSSR count). The lowest BCUT2D eigenvalue weighted by Gasteiger charge is -2.26. The van der Waals surface area contributed by atoms with E-state index in [1.54, 1.807) is 6.07 Å². The van der Waals surface area contributed by atoms with Crippen LogP contribution in [0.1, 0.15) is 17.2 Å². The highest BCUT2D eigenvalue weighted by Crippen LogP contribution is 2.29. The first-order valence-electron chi connectivity index (χ1n) is 5.45. The van der Waals surface area contributed by atoms with Gasteiger partial charge in [-0.25, -0.2) is 9.18 Å². The van der Waals surface area contributed by atoms with Crippen LogP contribution in [0, 0.1) is 5.82 Å². The molecule has 17 heavy (non-hydrogen) atoms. The second-order valence-corrected chi connectivity index (χ2v) is 3.77. The molecule has 1 aliphatic heterocycles. The number of benzene rings is 1. The van der Waals surface area contributed by atoms with Gasteiger partial charge in [0.05, 0.1) is 6.61 Å². The zero-order chi connectivity index (χ0) is 12.3. The topological polar surface area (TPSA) is 47.6 Å². The summed E-state index contributed by atoms with van der Waals surface area (Å²) in [4.78, 5) is 11.0. The van der Waals surface area contributed by atoms with Crippen LogP contribution in [-0.2, 0) is 15.9 Å². The lowest BCUT2D eigenvalue weighted by molar-refractivity contribution is -0.00577. The Labute approximate surface area is 98.7 Å². The molecule has 0 aromatic heterocycles. The average molecular weight is 239 g/mol. The molecule has 0 radical (unpaired) electrons. The third-order valence-corrected chi connectivity index (χ3v) is 2.73. The van der Waals surface area contributed by atoms with E-state index >= 15 is 0 Å². The van der Waals surface area contributed by atoms with Crippen molar-refractivity contribution in [3.63, 3.8) is 0 Å². The maximum atomic E-state index is 13.7. The monoisotopic (exact) mass is 239 g/mol. The molecule has 1 heterocycles. The van der Waals surface area contributed by atoms with Crippen molar-refractivity contribution in [3.05, 3.63) is 35.1 Å². The maximum absolute atomic E-state index is 13.7. The third kappa shape index (κ3) is 2.55. The summed E-state index contributed by atoms with van der Waals surface area (Å²) in [5.74, 6) is -0.312. The largest absolute Gasteiger partial charge is 0.446 e. The van der Waals surface area contributed by atoms with Crippen LogP contribution in [0.3, 0.4) is 0 Å². The average Bonchev–Trinajstić information content (AvgIpc) is 2.36. The van der Waals surface area contributed by atoms with Crippen molar-refractivity contribution in [2.75, 3.05) is 20.3 Å². The van der Waals surface area contributed by atoms with E-state index in [1.807, 2.05) is 6.07 Å². The zero-order valence-electron chi connectivity index (χ0n) is 9.53. The predicted octanol–water partition coefficient (Wildman–Crippen LogP) is 1.80. The Morgan fingerprint density at radius 3 is 3.24 bits per heavy atom. The summed E-state index contributed by atoms with van der Waals surface area (Å²) in [6.07, 6.45) is -0.377. The van der Waals surface area contributed by atoms with Gasteiger partial charge in [-0.3, -0.25) is 0 Å². The molecule has 5 heteroatoms. The normalized spacial score (nSPS) is 18.4. The lowest BCUT2D eigenvalue weighted by atomic mass is 9.97. The summed E-state index contributed by atoms with van der Waals surface area (Å²) in [5, 5.41) is 2.33. The van der Waals surface area contributed by atoms with Gasteiger partial charge in [0, 0.05) is 12.6 Å². The summed E-state index contributed by atoms with van der Waals surface area (Å²) in [7, 11) is 1.47. The van der Waals surface area contributed by atoms with Crippen molar-refractivity contribution >= 4 is 6.09 Å². The van der Waals surface area contributed by atoms with Gasteiger partial charge in [0.15, 0.2) is 0 Å². The molecule has 1 unspecified atom stereocenters. The van der Waals surface area contributed by atoms with Crippen LogP contribution in [0.5, 0.6) is 0 Å². The molecule has 92 valence electrons. The Morgan fingerprint density at radius 2 is 2.47 bits per heavy atom. The molecule has 0 spiro atoms. The second-order valence-electron chi connectivity index (χ2n) is 3.77. The summed E-state index contributed by atoms with van der Waals surface area (Å²) < 4.78 is 24.0. The van der Waals surface area contributed by atoms with E-state index < -0.39 is 12.2 Å². The van der Waals surface area contributed by atoms with Crippen molar-refractivity contribution < 1.29 is 18.7 Å². The van der Waals surface area contributed by atoms with E-state index in [4.69, 9.17) is 9.47 Å². The summed E-state index contributed by atoms with van der Waals surface area (Å²) in [5.41, 5.74) is 1.42. The Hall–Kier alpha value is -1.62. The Bertz CT molecular complexity index is 422. The summed E-state index contributed by atoms with van der Waals surface area (Å²) in [6.45, 7) is 0.534. The van der Waals surface area contributed by atoms with Crippen molar-refractivity contribution in [1.29, 1.82) is 0 Å². The third-order valence-electron chi connectivity index (χ3n) is 2.73. The molecule has 4 nitrogen and oxygen atoms in total. The highest BCUT2D eigenvalue weighted by molar-refractivity contribution is 5.66. The van der Waals surface area contributed by atoms with Crippen molar-refractivity contribution in [1.82, 2.24) is 5.32 Å². The molecule has 0 saturated heterocycles. The number of hydrogen-bond acceptors (Lipinski definition) is 3. The summed E-state index contributed by atoms with van der Waals surface area (Å²) >= 11 is 0. The van der Waals surface area contributed by atoms with Crippen LogP contribution in [0.4, 0.5) is 9.18 Å². The minimum absolute atomic E-state index is 0.0214. The molecule has 1 N–H and O–H groups in total. The van der Waals surface area contributed by atoms with Gasteiger partial charge in [0.25, 0.3) is 0 Å². The van der Waals surface area contributed by atoms with Gasteiger partial charge >= 0.3 is 6.09 Å². The minimum Gasteiger partial charge on any atom is -0.446 e. The molecule has 1 aromatic carbocycles. The Kier molecular flexibility index (Phi) is 3.58. The molecular formula is C12H14FNO3. The molecular weight excluding hydrogens is 225 g/mol. The Morgan fingerprint density at radius 1 is 1.65 bits per heavy atom. The molecule has 0 aliphatic carbocycles. The number of amides is 1. The van der Waals surface area contributed by atoms with Gasteiger partial charge in [0.1, 0.15) is 18.5 Å². The molecule has 1 amide bonds. The van der Waals surface area contributed by atoms with Crippen LogP contribution in [0.15, 0.2) is 18.2 Å². The molecule has 0 saturated carbocycles. The number of rotatable bonds is 2. The van der Waals surface area contributed by atoms with Crippen LogP contribution in [0.25, 0.3) is 0 Å². The molecule has 1 aromatic rings. The van der Waals surface area contributed by atoms with Gasteiger partial charge in [-0.15, -0.1) is 0 Å². The highest BCUT2D eigenvalue weighted by atomic mass is 19.1. The number of alkyl carbamates (subject to hydrolysis) is 1. The number of hydrogen-bond donors (Lipinski definition) is 1. The van der Waals surface area contributed by atoms with Crippen molar-refractivity contribution in [3.8, 4) is 0 Å². The van der Waals surface area contributed by atoms with E-state index in [0.29, 0.717) is 18.6 Å². The van der Waals surface area contributed by atoms with Crippen LogP contribution >= 0.6 is 0 Å². The highest BCUT2D eigenvalue weighted by Gasteiger charge is 2.25. The van der Waals surface area contributed by atoms with Gasteiger partial charge in [0.2, 0.25) is 0 Å². The first-order chi connectivity index (χ1) is 8.22. The minimum atomic E-state index is -0.544. The van der Waals surface area contributed by atoms with Gasteiger partial charge in [-0.05, 0) is 18.1 Å². The number of carbonyl (C=O) groups is 1. The van der Waals surface area contributed by atoms with Crippen molar-refractivity contribution in [2.45, 2.75) is 12.5 Å². The first kappa shape index (κ1) is 11.9. The molecule has 1 aliphatic rings. The van der Waals surface area contributed by atoms with E-state index in [-0.39, 0.29) is 12.4 Å². The number of nitrogens with one attached hydrogen (secondary N) is 1. The first-order valence-corrected chi connectivity index (χ1v) is 5.45. The van der Waals surface area contributed by atoms with E-state index in [2.05, 4.69) is 5.32 Å².